The molecule has 96 valence electrons. The van der Waals surface area contributed by atoms with Crippen molar-refractivity contribution in [2.75, 3.05) is 12.8 Å². The van der Waals surface area contributed by atoms with Crippen molar-refractivity contribution in [2.45, 2.75) is 32.7 Å². The van der Waals surface area contributed by atoms with Crippen molar-refractivity contribution < 1.29 is 12.8 Å². The summed E-state index contributed by atoms with van der Waals surface area (Å²) in [6.07, 6.45) is 1.18. The van der Waals surface area contributed by atoms with Gasteiger partial charge < -0.3 is 4.42 Å². The van der Waals surface area contributed by atoms with Crippen LogP contribution in [0.2, 0.25) is 0 Å². The maximum atomic E-state index is 11.6. The van der Waals surface area contributed by atoms with Crippen LogP contribution in [0.1, 0.15) is 37.7 Å². The van der Waals surface area contributed by atoms with E-state index >= 15 is 0 Å². The van der Waals surface area contributed by atoms with Crippen molar-refractivity contribution in [1.82, 2.24) is 4.31 Å². The smallest absolute Gasteiger partial charge is 0.213 e. The fourth-order valence-electron chi connectivity index (χ4n) is 1.94. The molecule has 0 aromatic carbocycles. The van der Waals surface area contributed by atoms with Gasteiger partial charge in [0.25, 0.3) is 0 Å². The average molecular weight is 257 g/mol. The van der Waals surface area contributed by atoms with Gasteiger partial charge in [-0.25, -0.2) is 8.42 Å². The maximum Gasteiger partial charge on any atom is 0.213 e. The van der Waals surface area contributed by atoms with Gasteiger partial charge in [-0.3, -0.25) is 0 Å². The zero-order valence-corrected chi connectivity index (χ0v) is 11.3. The van der Waals surface area contributed by atoms with E-state index in [4.69, 9.17) is 4.42 Å². The Hall–Kier alpha value is -0.810. The summed E-state index contributed by atoms with van der Waals surface area (Å²) in [5.41, 5.74) is 0. The Morgan fingerprint density at radius 1 is 1.47 bits per heavy atom. The monoisotopic (exact) mass is 257 g/mol. The van der Waals surface area contributed by atoms with Crippen molar-refractivity contribution in [1.29, 1.82) is 0 Å². The molecule has 4 nitrogen and oxygen atoms in total. The second-order valence-electron chi connectivity index (χ2n) is 4.78. The highest BCUT2D eigenvalue weighted by Crippen LogP contribution is 2.47. The Balaban J connectivity index is 2.02. The summed E-state index contributed by atoms with van der Waals surface area (Å²) < 4.78 is 30.2. The van der Waals surface area contributed by atoms with Gasteiger partial charge in [0, 0.05) is 13.0 Å². The third kappa shape index (κ3) is 2.72. The van der Waals surface area contributed by atoms with Gasteiger partial charge in [0.2, 0.25) is 10.0 Å². The molecule has 0 bridgehead atoms. The van der Waals surface area contributed by atoms with Crippen molar-refractivity contribution in [3.8, 4) is 0 Å². The summed E-state index contributed by atoms with van der Waals surface area (Å²) in [5, 5.41) is 0. The first-order valence-corrected chi connectivity index (χ1v) is 7.57. The molecule has 0 N–H and O–H groups in total. The van der Waals surface area contributed by atoms with Gasteiger partial charge in [-0.05, 0) is 31.4 Å². The van der Waals surface area contributed by atoms with Crippen LogP contribution >= 0.6 is 0 Å². The minimum Gasteiger partial charge on any atom is -0.464 e. The zero-order valence-electron chi connectivity index (χ0n) is 10.5. The molecule has 2 unspecified atom stereocenters. The largest absolute Gasteiger partial charge is 0.464 e. The van der Waals surface area contributed by atoms with Crippen molar-refractivity contribution in [2.24, 2.45) is 5.92 Å². The first-order chi connectivity index (χ1) is 7.94. The lowest BCUT2D eigenvalue weighted by Gasteiger charge is -2.13. The van der Waals surface area contributed by atoms with Crippen LogP contribution in [-0.2, 0) is 16.6 Å². The predicted octanol–water partition coefficient (Wildman–Crippen LogP) is 2.18. The van der Waals surface area contributed by atoms with Crippen LogP contribution in [0.25, 0.3) is 0 Å². The molecule has 2 rings (SSSR count). The van der Waals surface area contributed by atoms with E-state index < -0.39 is 10.0 Å². The van der Waals surface area contributed by atoms with E-state index in [0.717, 1.165) is 11.5 Å². The summed E-state index contributed by atoms with van der Waals surface area (Å²) >= 11 is 0. The number of furan rings is 1. The fourth-order valence-corrected chi connectivity index (χ4v) is 2.70. The molecule has 2 atom stereocenters. The van der Waals surface area contributed by atoms with Gasteiger partial charge in [0.15, 0.2) is 0 Å². The number of rotatable bonds is 5. The van der Waals surface area contributed by atoms with E-state index in [9.17, 15) is 8.42 Å². The lowest BCUT2D eigenvalue weighted by molar-refractivity contribution is 0.390. The maximum absolute atomic E-state index is 11.6. The van der Waals surface area contributed by atoms with Crippen LogP contribution in [0.5, 0.6) is 0 Å². The summed E-state index contributed by atoms with van der Waals surface area (Å²) in [4.78, 5) is 0. The van der Waals surface area contributed by atoms with E-state index in [1.54, 1.807) is 14.0 Å². The van der Waals surface area contributed by atoms with E-state index in [-0.39, 0.29) is 5.75 Å². The highest BCUT2D eigenvalue weighted by Gasteiger charge is 2.36. The van der Waals surface area contributed by atoms with Gasteiger partial charge in [-0.15, -0.1) is 0 Å². The van der Waals surface area contributed by atoms with Crippen LogP contribution in [-0.4, -0.2) is 25.5 Å². The quantitative estimate of drug-likeness (QED) is 0.812. The van der Waals surface area contributed by atoms with Crippen molar-refractivity contribution in [3.05, 3.63) is 23.7 Å². The molecule has 0 spiro atoms. The molecular formula is C12H19NO3S. The fraction of sp³-hybridized carbons (Fsp3) is 0.667. The number of sulfonamides is 1. The van der Waals surface area contributed by atoms with Crippen LogP contribution < -0.4 is 0 Å². The summed E-state index contributed by atoms with van der Waals surface area (Å²) in [6.45, 7) is 4.16. The third-order valence-electron chi connectivity index (χ3n) is 3.38. The van der Waals surface area contributed by atoms with Crippen molar-refractivity contribution in [3.63, 3.8) is 0 Å². The molecule has 1 aliphatic rings. The van der Waals surface area contributed by atoms with Crippen LogP contribution in [0.4, 0.5) is 0 Å². The molecule has 0 aliphatic heterocycles. The molecule has 1 fully saturated rings. The Bertz CT molecular complexity index is 492. The normalized spacial score (nSPS) is 24.2. The van der Waals surface area contributed by atoms with E-state index in [1.165, 1.54) is 10.7 Å². The van der Waals surface area contributed by atoms with Crippen LogP contribution in [0.3, 0.4) is 0 Å². The van der Waals surface area contributed by atoms with Crippen LogP contribution in [0, 0.1) is 5.92 Å². The van der Waals surface area contributed by atoms with Gasteiger partial charge in [-0.1, -0.05) is 6.92 Å². The minimum absolute atomic E-state index is 0.122. The van der Waals surface area contributed by atoms with E-state index in [2.05, 4.69) is 6.92 Å². The standard InChI is InChI=1S/C12H19NO3S/c1-4-17(14,15)13(3)8-10-5-6-12(16-10)11-7-9(11)2/h5-6,9,11H,4,7-8H2,1-3H3. The molecular weight excluding hydrogens is 238 g/mol. The van der Waals surface area contributed by atoms with Gasteiger partial charge >= 0.3 is 0 Å². The van der Waals surface area contributed by atoms with Gasteiger partial charge in [0.1, 0.15) is 11.5 Å². The lowest BCUT2D eigenvalue weighted by Crippen LogP contribution is -2.27. The molecule has 0 radical (unpaired) electrons. The third-order valence-corrected chi connectivity index (χ3v) is 5.18. The Morgan fingerprint density at radius 3 is 2.65 bits per heavy atom. The summed E-state index contributed by atoms with van der Waals surface area (Å²) in [5.74, 6) is 3.08. The predicted molar refractivity (Wildman–Crippen MR) is 66.2 cm³/mol. The summed E-state index contributed by atoms with van der Waals surface area (Å²) in [7, 11) is -1.55. The molecule has 1 heterocycles. The number of hydrogen-bond donors (Lipinski definition) is 0. The Kier molecular flexibility index (Phi) is 3.32. The highest BCUT2D eigenvalue weighted by molar-refractivity contribution is 7.89. The Labute approximate surface area is 103 Å². The molecule has 0 amide bonds. The zero-order chi connectivity index (χ0) is 12.6. The average Bonchev–Trinajstić information content (AvgIpc) is 2.83. The lowest BCUT2D eigenvalue weighted by atomic mass is 10.3. The van der Waals surface area contributed by atoms with Gasteiger partial charge in [0.05, 0.1) is 12.3 Å². The second kappa shape index (κ2) is 4.46. The van der Waals surface area contributed by atoms with E-state index in [0.29, 0.717) is 18.4 Å². The van der Waals surface area contributed by atoms with Gasteiger partial charge in [-0.2, -0.15) is 4.31 Å². The van der Waals surface area contributed by atoms with E-state index in [1.807, 2.05) is 12.1 Å². The van der Waals surface area contributed by atoms with Crippen LogP contribution in [0.15, 0.2) is 16.5 Å². The topological polar surface area (TPSA) is 50.5 Å². The minimum atomic E-state index is -3.13. The number of nitrogens with zero attached hydrogens (tertiary/aromatic N) is 1. The van der Waals surface area contributed by atoms with Crippen molar-refractivity contribution >= 4 is 10.0 Å². The molecule has 1 aromatic heterocycles. The molecule has 5 heteroatoms. The second-order valence-corrected chi connectivity index (χ2v) is 7.14. The molecule has 17 heavy (non-hydrogen) atoms. The Morgan fingerprint density at radius 2 is 2.12 bits per heavy atom. The molecule has 1 aromatic rings. The molecule has 1 aliphatic carbocycles. The highest BCUT2D eigenvalue weighted by atomic mass is 32.2. The molecule has 0 saturated heterocycles. The summed E-state index contributed by atoms with van der Waals surface area (Å²) in [6, 6.07) is 3.85. The SMILES string of the molecule is CCS(=O)(=O)N(C)Cc1ccc(C2CC2C)o1. The molecule has 1 saturated carbocycles. The first-order valence-electron chi connectivity index (χ1n) is 5.96. The number of hydrogen-bond acceptors (Lipinski definition) is 3. The first kappa shape index (κ1) is 12.6.